The molecule has 2 aromatic rings. The molecule has 0 unspecified atom stereocenters. The smallest absolute Gasteiger partial charge is 0.162 e. The number of phenols is 1. The third kappa shape index (κ3) is 3.93. The Balaban J connectivity index is 1.67. The Bertz CT molecular complexity index is 756. The van der Waals surface area contributed by atoms with E-state index in [1.807, 2.05) is 6.07 Å². The molecule has 4 nitrogen and oxygen atoms in total. The lowest BCUT2D eigenvalue weighted by Gasteiger charge is -2.37. The molecule has 0 aliphatic carbocycles. The highest BCUT2D eigenvalue weighted by atomic mass is 79.9. The minimum atomic E-state index is 0.239. The summed E-state index contributed by atoms with van der Waals surface area (Å²) in [5.74, 6) is 0.751. The molecule has 1 aliphatic rings. The van der Waals surface area contributed by atoms with Gasteiger partial charge in [-0.2, -0.15) is 0 Å². The summed E-state index contributed by atoms with van der Waals surface area (Å²) in [7, 11) is 1.58. The maximum atomic E-state index is 10.4. The number of anilines is 1. The van der Waals surface area contributed by atoms with Crippen molar-refractivity contribution >= 4 is 21.6 Å². The maximum absolute atomic E-state index is 10.4. The molecular weight excluding hydrogens is 380 g/mol. The van der Waals surface area contributed by atoms with Crippen LogP contribution in [0.5, 0.6) is 11.5 Å². The van der Waals surface area contributed by atoms with E-state index in [9.17, 15) is 5.11 Å². The van der Waals surface area contributed by atoms with Crippen molar-refractivity contribution in [1.29, 1.82) is 0 Å². The lowest BCUT2D eigenvalue weighted by molar-refractivity contribution is 0.245. The first-order valence-corrected chi connectivity index (χ1v) is 9.37. The third-order valence-electron chi connectivity index (χ3n) is 5.02. The van der Waals surface area contributed by atoms with Gasteiger partial charge in [-0.25, -0.2) is 0 Å². The zero-order valence-corrected chi connectivity index (χ0v) is 16.6. The van der Waals surface area contributed by atoms with Gasteiger partial charge in [-0.05, 0) is 43.2 Å². The summed E-state index contributed by atoms with van der Waals surface area (Å²) in [6.07, 6.45) is 0. The van der Waals surface area contributed by atoms with E-state index in [1.54, 1.807) is 13.2 Å². The first-order valence-electron chi connectivity index (χ1n) is 8.58. The zero-order chi connectivity index (χ0) is 18.0. The van der Waals surface area contributed by atoms with Gasteiger partial charge in [-0.15, -0.1) is 0 Å². The van der Waals surface area contributed by atoms with Gasteiger partial charge >= 0.3 is 0 Å². The number of phenolic OH excluding ortho intramolecular Hbond substituents is 1. The number of aryl methyl sites for hydroxylation is 1. The quantitative estimate of drug-likeness (QED) is 0.831. The minimum Gasteiger partial charge on any atom is -0.504 e. The van der Waals surface area contributed by atoms with Gasteiger partial charge in [0.25, 0.3) is 0 Å². The monoisotopic (exact) mass is 404 g/mol. The van der Waals surface area contributed by atoms with Crippen LogP contribution in [0.1, 0.15) is 16.7 Å². The second kappa shape index (κ2) is 7.67. The summed E-state index contributed by atoms with van der Waals surface area (Å²) >= 11 is 3.49. The van der Waals surface area contributed by atoms with E-state index in [4.69, 9.17) is 4.74 Å². The van der Waals surface area contributed by atoms with E-state index in [2.05, 4.69) is 57.8 Å². The molecule has 2 aromatic carbocycles. The molecular formula is C20H25BrN2O2. The van der Waals surface area contributed by atoms with Crippen LogP contribution in [-0.2, 0) is 6.54 Å². The van der Waals surface area contributed by atoms with Crippen LogP contribution in [0.2, 0.25) is 0 Å². The Morgan fingerprint density at radius 2 is 1.84 bits per heavy atom. The van der Waals surface area contributed by atoms with E-state index in [1.165, 1.54) is 16.8 Å². The number of hydrogen-bond acceptors (Lipinski definition) is 4. The highest BCUT2D eigenvalue weighted by Crippen LogP contribution is 2.34. The molecule has 5 heteroatoms. The third-order valence-corrected chi connectivity index (χ3v) is 5.48. The van der Waals surface area contributed by atoms with E-state index < -0.39 is 0 Å². The zero-order valence-electron chi connectivity index (χ0n) is 15.1. The number of methoxy groups -OCH3 is 1. The number of rotatable bonds is 4. The second-order valence-electron chi connectivity index (χ2n) is 6.60. The van der Waals surface area contributed by atoms with Gasteiger partial charge < -0.3 is 14.7 Å². The number of halogens is 1. The molecule has 0 atom stereocenters. The fourth-order valence-corrected chi connectivity index (χ4v) is 3.85. The Labute approximate surface area is 158 Å². The molecule has 0 radical (unpaired) electrons. The molecule has 0 saturated carbocycles. The standard InChI is InChI=1S/C20H25BrN2O2/c1-14-5-4-6-18(15(14)2)23-9-7-22(8-10-23)13-16-11-17(21)12-19(25-3)20(16)24/h4-6,11-12,24H,7-10,13H2,1-3H3. The summed E-state index contributed by atoms with van der Waals surface area (Å²) in [4.78, 5) is 4.84. The van der Waals surface area contributed by atoms with Gasteiger partial charge in [0.1, 0.15) is 0 Å². The van der Waals surface area contributed by atoms with Crippen molar-refractivity contribution in [1.82, 2.24) is 4.90 Å². The summed E-state index contributed by atoms with van der Waals surface area (Å²) in [6.45, 7) is 9.03. The van der Waals surface area contributed by atoms with Gasteiger partial charge in [0, 0.05) is 48.4 Å². The second-order valence-corrected chi connectivity index (χ2v) is 7.51. The number of nitrogens with zero attached hydrogens (tertiary/aromatic N) is 2. The number of piperazine rings is 1. The van der Waals surface area contributed by atoms with Crippen molar-refractivity contribution in [2.75, 3.05) is 38.2 Å². The van der Waals surface area contributed by atoms with Crippen LogP contribution < -0.4 is 9.64 Å². The first kappa shape index (κ1) is 18.1. The highest BCUT2D eigenvalue weighted by Gasteiger charge is 2.20. The van der Waals surface area contributed by atoms with E-state index in [0.29, 0.717) is 5.75 Å². The van der Waals surface area contributed by atoms with E-state index in [-0.39, 0.29) is 5.75 Å². The van der Waals surface area contributed by atoms with Gasteiger partial charge in [0.05, 0.1) is 7.11 Å². The summed E-state index contributed by atoms with van der Waals surface area (Å²) in [5.41, 5.74) is 4.94. The minimum absolute atomic E-state index is 0.239. The Hall–Kier alpha value is -1.72. The van der Waals surface area contributed by atoms with Crippen LogP contribution >= 0.6 is 15.9 Å². The Morgan fingerprint density at radius 1 is 1.12 bits per heavy atom. The lowest BCUT2D eigenvalue weighted by atomic mass is 10.1. The van der Waals surface area contributed by atoms with Crippen molar-refractivity contribution in [2.45, 2.75) is 20.4 Å². The predicted molar refractivity (Wildman–Crippen MR) is 106 cm³/mol. The van der Waals surface area contributed by atoms with Crippen molar-refractivity contribution in [3.8, 4) is 11.5 Å². The Morgan fingerprint density at radius 3 is 2.52 bits per heavy atom. The average molecular weight is 405 g/mol. The number of aromatic hydroxyl groups is 1. The van der Waals surface area contributed by atoms with Gasteiger partial charge in [-0.1, -0.05) is 28.1 Å². The van der Waals surface area contributed by atoms with Crippen LogP contribution in [0, 0.1) is 13.8 Å². The normalized spacial score (nSPS) is 15.4. The van der Waals surface area contributed by atoms with Gasteiger partial charge in [-0.3, -0.25) is 4.90 Å². The topological polar surface area (TPSA) is 35.9 Å². The Kier molecular flexibility index (Phi) is 5.54. The summed E-state index contributed by atoms with van der Waals surface area (Å²) in [5, 5.41) is 10.4. The van der Waals surface area contributed by atoms with Crippen LogP contribution in [0.3, 0.4) is 0 Å². The predicted octanol–water partition coefficient (Wildman–Crippen LogP) is 4.10. The van der Waals surface area contributed by atoms with E-state index in [0.717, 1.165) is 42.8 Å². The van der Waals surface area contributed by atoms with Crippen molar-refractivity contribution in [3.05, 3.63) is 51.5 Å². The molecule has 0 amide bonds. The van der Waals surface area contributed by atoms with Crippen LogP contribution in [0.15, 0.2) is 34.8 Å². The lowest BCUT2D eigenvalue weighted by Crippen LogP contribution is -2.46. The number of ether oxygens (including phenoxy) is 1. The summed E-state index contributed by atoms with van der Waals surface area (Å²) in [6, 6.07) is 10.3. The number of hydrogen-bond donors (Lipinski definition) is 1. The van der Waals surface area contributed by atoms with Crippen LogP contribution in [-0.4, -0.2) is 43.3 Å². The highest BCUT2D eigenvalue weighted by molar-refractivity contribution is 9.10. The van der Waals surface area contributed by atoms with Crippen molar-refractivity contribution in [2.24, 2.45) is 0 Å². The van der Waals surface area contributed by atoms with Crippen LogP contribution in [0.25, 0.3) is 0 Å². The average Bonchev–Trinajstić information content (AvgIpc) is 2.61. The maximum Gasteiger partial charge on any atom is 0.162 e. The molecule has 1 heterocycles. The van der Waals surface area contributed by atoms with E-state index >= 15 is 0 Å². The molecule has 0 bridgehead atoms. The fraction of sp³-hybridized carbons (Fsp3) is 0.400. The summed E-state index contributed by atoms with van der Waals surface area (Å²) < 4.78 is 6.17. The van der Waals surface area contributed by atoms with Gasteiger partial charge in [0.15, 0.2) is 11.5 Å². The molecule has 1 saturated heterocycles. The molecule has 25 heavy (non-hydrogen) atoms. The fourth-order valence-electron chi connectivity index (χ4n) is 3.37. The molecule has 1 aliphatic heterocycles. The molecule has 1 fully saturated rings. The molecule has 1 N–H and O–H groups in total. The SMILES string of the molecule is COc1cc(Br)cc(CN2CCN(c3cccc(C)c3C)CC2)c1O. The molecule has 0 aromatic heterocycles. The first-order chi connectivity index (χ1) is 12.0. The molecule has 3 rings (SSSR count). The molecule has 134 valence electrons. The van der Waals surface area contributed by atoms with Crippen molar-refractivity contribution < 1.29 is 9.84 Å². The molecule has 0 spiro atoms. The van der Waals surface area contributed by atoms with Gasteiger partial charge in [0.2, 0.25) is 0 Å². The number of benzene rings is 2. The van der Waals surface area contributed by atoms with Crippen molar-refractivity contribution in [3.63, 3.8) is 0 Å². The largest absolute Gasteiger partial charge is 0.504 e. The van der Waals surface area contributed by atoms with Crippen LogP contribution in [0.4, 0.5) is 5.69 Å².